The van der Waals surface area contributed by atoms with Gasteiger partial charge in [-0.25, -0.2) is 0 Å². The highest BCUT2D eigenvalue weighted by atomic mass is 16.2. The fourth-order valence-corrected chi connectivity index (χ4v) is 4.60. The Hall–Kier alpha value is -3.77. The largest absolute Gasteiger partial charge is 0.347 e. The van der Waals surface area contributed by atoms with E-state index in [0.717, 1.165) is 25.2 Å². The fourth-order valence-electron chi connectivity index (χ4n) is 4.60. The van der Waals surface area contributed by atoms with Crippen LogP contribution in [0.4, 0.5) is 0 Å². The van der Waals surface area contributed by atoms with Gasteiger partial charge in [0.1, 0.15) is 0 Å². The minimum atomic E-state index is -0.298. The van der Waals surface area contributed by atoms with Gasteiger partial charge in [-0.3, -0.25) is 14.5 Å². The first-order chi connectivity index (χ1) is 16.7. The number of hydrogen-bond acceptors (Lipinski definition) is 4. The monoisotopic (exact) mass is 452 g/mol. The van der Waals surface area contributed by atoms with Crippen molar-refractivity contribution in [2.24, 2.45) is 0 Å². The normalized spacial score (nSPS) is 14.2. The predicted octanol–water partition coefficient (Wildman–Crippen LogP) is 4.30. The van der Waals surface area contributed by atoms with Crippen LogP contribution in [0.1, 0.15) is 40.9 Å². The maximum absolute atomic E-state index is 13.3. The zero-order chi connectivity index (χ0) is 23.3. The zero-order valence-corrected chi connectivity index (χ0v) is 19.1. The lowest BCUT2D eigenvalue weighted by atomic mass is 10.0. The molecule has 1 N–H and O–H groups in total. The van der Waals surface area contributed by atoms with Gasteiger partial charge in [-0.05, 0) is 55.3 Å². The second-order valence-electron chi connectivity index (χ2n) is 8.73. The molecule has 6 nitrogen and oxygen atoms in total. The molecule has 2 heterocycles. The summed E-state index contributed by atoms with van der Waals surface area (Å²) in [4.78, 5) is 28.9. The number of fused-ring (bicyclic) bond motifs is 1. The summed E-state index contributed by atoms with van der Waals surface area (Å²) in [5, 5.41) is 8.55. The Balaban J connectivity index is 1.43. The highest BCUT2D eigenvalue weighted by molar-refractivity contribution is 6.04. The summed E-state index contributed by atoms with van der Waals surface area (Å²) in [6, 6.07) is 24.6. The zero-order valence-electron chi connectivity index (χ0n) is 19.1. The number of benzene rings is 3. The first kappa shape index (κ1) is 22.0. The van der Waals surface area contributed by atoms with Gasteiger partial charge in [0.2, 0.25) is 0 Å². The summed E-state index contributed by atoms with van der Waals surface area (Å²) in [5.74, 6) is -0.298. The lowest BCUT2D eigenvalue weighted by Gasteiger charge is -2.27. The van der Waals surface area contributed by atoms with Gasteiger partial charge in [0.05, 0.1) is 11.1 Å². The highest BCUT2D eigenvalue weighted by Gasteiger charge is 2.18. The molecule has 172 valence electrons. The van der Waals surface area contributed by atoms with E-state index in [1.807, 2.05) is 42.5 Å². The van der Waals surface area contributed by atoms with Crippen molar-refractivity contribution in [1.82, 2.24) is 20.0 Å². The number of amides is 1. The molecule has 0 radical (unpaired) electrons. The molecule has 0 bridgehead atoms. The smallest absolute Gasteiger partial charge is 0.279 e. The molecule has 5 rings (SSSR count). The summed E-state index contributed by atoms with van der Waals surface area (Å²) in [7, 11) is 0. The topological polar surface area (TPSA) is 67.2 Å². The van der Waals surface area contributed by atoms with E-state index in [0.29, 0.717) is 23.0 Å². The van der Waals surface area contributed by atoms with Crippen LogP contribution in [0, 0.1) is 0 Å². The van der Waals surface area contributed by atoms with Gasteiger partial charge in [-0.2, -0.15) is 9.78 Å². The second-order valence-corrected chi connectivity index (χ2v) is 8.73. The molecular formula is C28H28N4O2. The molecule has 3 aromatic carbocycles. The quantitative estimate of drug-likeness (QED) is 0.474. The lowest BCUT2D eigenvalue weighted by Crippen LogP contribution is -2.31. The number of carbonyl (C=O) groups excluding carboxylic acids is 1. The Morgan fingerprint density at radius 1 is 0.794 bits per heavy atom. The number of nitrogens with one attached hydrogen (secondary N) is 1. The number of nitrogens with zero attached hydrogens (tertiary/aromatic N) is 3. The number of aromatic nitrogens is 2. The number of rotatable bonds is 6. The van der Waals surface area contributed by atoms with Crippen molar-refractivity contribution < 1.29 is 4.79 Å². The molecule has 0 atom stereocenters. The summed E-state index contributed by atoms with van der Waals surface area (Å²) < 4.78 is 1.31. The van der Waals surface area contributed by atoms with Crippen molar-refractivity contribution in [2.45, 2.75) is 32.4 Å². The maximum atomic E-state index is 13.3. The molecule has 1 aliphatic rings. The van der Waals surface area contributed by atoms with Gasteiger partial charge in [0, 0.05) is 18.5 Å². The predicted molar refractivity (Wildman–Crippen MR) is 134 cm³/mol. The molecule has 34 heavy (non-hydrogen) atoms. The van der Waals surface area contributed by atoms with Crippen LogP contribution in [0.2, 0.25) is 0 Å². The van der Waals surface area contributed by atoms with E-state index in [2.05, 4.69) is 33.5 Å². The third-order valence-corrected chi connectivity index (χ3v) is 6.42. The number of para-hydroxylation sites is 1. The molecule has 0 aliphatic carbocycles. The van der Waals surface area contributed by atoms with Crippen LogP contribution in [-0.4, -0.2) is 33.7 Å². The molecular weight excluding hydrogens is 424 g/mol. The van der Waals surface area contributed by atoms with Crippen molar-refractivity contribution in [3.8, 4) is 5.69 Å². The summed E-state index contributed by atoms with van der Waals surface area (Å²) in [6.07, 6.45) is 3.80. The highest BCUT2D eigenvalue weighted by Crippen LogP contribution is 2.18. The number of hydrogen-bond donors (Lipinski definition) is 1. The van der Waals surface area contributed by atoms with Crippen LogP contribution < -0.4 is 10.9 Å². The Morgan fingerprint density at radius 2 is 1.44 bits per heavy atom. The fraction of sp³-hybridized carbons (Fsp3) is 0.250. The molecule has 1 fully saturated rings. The number of carbonyl (C=O) groups is 1. The molecule has 0 unspecified atom stereocenters. The SMILES string of the molecule is O=C(NCc1ccccc1CN1CCCCC1)c1nn(-c2ccccc2)c(=O)c2ccccc12. The van der Waals surface area contributed by atoms with Gasteiger partial charge in [-0.1, -0.05) is 67.1 Å². The van der Waals surface area contributed by atoms with E-state index >= 15 is 0 Å². The number of piperidine rings is 1. The molecule has 1 saturated heterocycles. The minimum absolute atomic E-state index is 0.243. The van der Waals surface area contributed by atoms with Crippen molar-refractivity contribution in [3.63, 3.8) is 0 Å². The van der Waals surface area contributed by atoms with Gasteiger partial charge in [0.15, 0.2) is 5.69 Å². The maximum Gasteiger partial charge on any atom is 0.279 e. The molecule has 1 amide bonds. The van der Waals surface area contributed by atoms with Crippen LogP contribution >= 0.6 is 0 Å². The van der Waals surface area contributed by atoms with Gasteiger partial charge in [0.25, 0.3) is 11.5 Å². The average molecular weight is 453 g/mol. The van der Waals surface area contributed by atoms with E-state index in [9.17, 15) is 9.59 Å². The molecule has 4 aromatic rings. The lowest BCUT2D eigenvalue weighted by molar-refractivity contribution is 0.0946. The van der Waals surface area contributed by atoms with Crippen molar-refractivity contribution >= 4 is 16.7 Å². The summed E-state index contributed by atoms with van der Waals surface area (Å²) >= 11 is 0. The van der Waals surface area contributed by atoms with E-state index in [1.165, 1.54) is 29.5 Å². The van der Waals surface area contributed by atoms with E-state index < -0.39 is 0 Å². The molecule has 0 saturated carbocycles. The van der Waals surface area contributed by atoms with Crippen LogP contribution in [0.15, 0.2) is 83.7 Å². The van der Waals surface area contributed by atoms with Crippen LogP contribution in [-0.2, 0) is 13.1 Å². The Kier molecular flexibility index (Phi) is 6.49. The third-order valence-electron chi connectivity index (χ3n) is 6.42. The summed E-state index contributed by atoms with van der Waals surface area (Å²) in [5.41, 5.74) is 2.95. The van der Waals surface area contributed by atoms with Crippen molar-refractivity contribution in [1.29, 1.82) is 0 Å². The van der Waals surface area contributed by atoms with E-state index in [1.54, 1.807) is 18.2 Å². The first-order valence-electron chi connectivity index (χ1n) is 11.9. The first-order valence-corrected chi connectivity index (χ1v) is 11.9. The van der Waals surface area contributed by atoms with E-state index in [-0.39, 0.29) is 17.2 Å². The standard InChI is InChI=1S/C28H28N4O2/c33-27(29-19-21-11-5-6-12-22(21)20-31-17-9-2-10-18-31)26-24-15-7-8-16-25(24)28(34)32(30-26)23-13-3-1-4-14-23/h1,3-8,11-16H,2,9-10,17-20H2,(H,29,33). The molecule has 0 spiro atoms. The second kappa shape index (κ2) is 10.0. The van der Waals surface area contributed by atoms with Crippen LogP contribution in [0.25, 0.3) is 16.5 Å². The summed E-state index contributed by atoms with van der Waals surface area (Å²) in [6.45, 7) is 3.55. The Morgan fingerprint density at radius 3 is 2.21 bits per heavy atom. The van der Waals surface area contributed by atoms with Crippen LogP contribution in [0.5, 0.6) is 0 Å². The molecule has 6 heteroatoms. The molecule has 1 aromatic heterocycles. The average Bonchev–Trinajstić information content (AvgIpc) is 2.89. The number of likely N-dealkylation sites (tertiary alicyclic amines) is 1. The van der Waals surface area contributed by atoms with Gasteiger partial charge < -0.3 is 5.32 Å². The van der Waals surface area contributed by atoms with Gasteiger partial charge in [-0.15, -0.1) is 0 Å². The van der Waals surface area contributed by atoms with E-state index in [4.69, 9.17) is 0 Å². The Labute approximate surface area is 198 Å². The van der Waals surface area contributed by atoms with Gasteiger partial charge >= 0.3 is 0 Å². The third kappa shape index (κ3) is 4.63. The minimum Gasteiger partial charge on any atom is -0.347 e. The molecule has 1 aliphatic heterocycles. The van der Waals surface area contributed by atoms with Crippen LogP contribution in [0.3, 0.4) is 0 Å². The van der Waals surface area contributed by atoms with Crippen molar-refractivity contribution in [2.75, 3.05) is 13.1 Å². The Bertz CT molecular complexity index is 1360. The van der Waals surface area contributed by atoms with Crippen molar-refractivity contribution in [3.05, 3.63) is 106 Å².